The molecule has 0 aliphatic heterocycles. The minimum absolute atomic E-state index is 0.0421. The van der Waals surface area contributed by atoms with Gasteiger partial charge >= 0.3 is 0 Å². The maximum absolute atomic E-state index is 9.70. The van der Waals surface area contributed by atoms with Gasteiger partial charge < -0.3 is 10.0 Å². The molecule has 0 saturated carbocycles. The fourth-order valence-electron chi connectivity index (χ4n) is 1.90. The molecule has 1 unspecified atom stereocenters. The van der Waals surface area contributed by atoms with Crippen molar-refractivity contribution < 1.29 is 5.11 Å². The van der Waals surface area contributed by atoms with Crippen LogP contribution in [0.1, 0.15) is 31.2 Å². The van der Waals surface area contributed by atoms with Gasteiger partial charge in [-0.05, 0) is 39.4 Å². The lowest BCUT2D eigenvalue weighted by Gasteiger charge is -2.26. The van der Waals surface area contributed by atoms with Gasteiger partial charge in [0.2, 0.25) is 0 Å². The zero-order chi connectivity index (χ0) is 12.9. The van der Waals surface area contributed by atoms with Gasteiger partial charge in [0.15, 0.2) is 0 Å². The number of hydrogen-bond donors (Lipinski definition) is 1. The van der Waals surface area contributed by atoms with Crippen LogP contribution in [0.3, 0.4) is 0 Å². The highest BCUT2D eigenvalue weighted by Gasteiger charge is 2.16. The minimum Gasteiger partial charge on any atom is -0.389 e. The smallest absolute Gasteiger partial charge is 0.0718 e. The lowest BCUT2D eigenvalue weighted by atomic mass is 10.1. The summed E-state index contributed by atoms with van der Waals surface area (Å²) in [6.45, 7) is 5.18. The van der Waals surface area contributed by atoms with E-state index in [2.05, 4.69) is 4.90 Å². The number of alkyl halides is 1. The molecule has 0 aromatic heterocycles. The predicted molar refractivity (Wildman–Crippen MR) is 73.4 cm³/mol. The predicted octanol–water partition coefficient (Wildman–Crippen LogP) is 3.06. The molecule has 0 amide bonds. The summed E-state index contributed by atoms with van der Waals surface area (Å²) in [7, 11) is 2.01. The summed E-state index contributed by atoms with van der Waals surface area (Å²) in [5.74, 6) is 0. The van der Waals surface area contributed by atoms with Crippen LogP contribution < -0.4 is 0 Å². The van der Waals surface area contributed by atoms with Crippen LogP contribution in [-0.2, 0) is 0 Å². The van der Waals surface area contributed by atoms with Gasteiger partial charge in [-0.2, -0.15) is 0 Å². The van der Waals surface area contributed by atoms with Crippen molar-refractivity contribution in [1.82, 2.24) is 4.90 Å². The Morgan fingerprint density at radius 3 is 2.41 bits per heavy atom. The summed E-state index contributed by atoms with van der Waals surface area (Å²) < 4.78 is 0. The number of halogens is 1. The molecule has 1 aromatic rings. The fourth-order valence-corrected chi connectivity index (χ4v) is 2.14. The normalized spacial score (nSPS) is 14.0. The Balaban J connectivity index is 2.36. The van der Waals surface area contributed by atoms with Crippen LogP contribution in [-0.4, -0.2) is 35.7 Å². The Bertz CT molecular complexity index is 321. The van der Waals surface area contributed by atoms with Gasteiger partial charge in [0.05, 0.1) is 11.0 Å². The molecule has 0 saturated heterocycles. The van der Waals surface area contributed by atoms with E-state index in [1.807, 2.05) is 51.2 Å². The molecule has 0 heterocycles. The first-order valence-corrected chi connectivity index (χ1v) is 6.42. The van der Waals surface area contributed by atoms with E-state index in [4.69, 9.17) is 11.6 Å². The second-order valence-electron chi connectivity index (χ2n) is 5.22. The van der Waals surface area contributed by atoms with Crippen LogP contribution in [0.25, 0.3) is 0 Å². The van der Waals surface area contributed by atoms with Crippen molar-refractivity contribution in [3.63, 3.8) is 0 Å². The number of likely N-dealkylation sites (N-methyl/N-ethyl adjacent to an activating group) is 1. The number of hydrogen-bond acceptors (Lipinski definition) is 2. The van der Waals surface area contributed by atoms with Crippen LogP contribution in [0.5, 0.6) is 0 Å². The van der Waals surface area contributed by atoms with Crippen molar-refractivity contribution in [1.29, 1.82) is 0 Å². The first-order chi connectivity index (χ1) is 7.88. The van der Waals surface area contributed by atoms with E-state index in [1.165, 1.54) is 0 Å². The van der Waals surface area contributed by atoms with E-state index in [0.29, 0.717) is 6.54 Å². The zero-order valence-electron chi connectivity index (χ0n) is 10.9. The van der Waals surface area contributed by atoms with Gasteiger partial charge in [-0.1, -0.05) is 30.3 Å². The highest BCUT2D eigenvalue weighted by atomic mass is 35.5. The second-order valence-corrected chi connectivity index (χ2v) is 5.74. The fraction of sp³-hybridized carbons (Fsp3) is 0.571. The highest BCUT2D eigenvalue weighted by Crippen LogP contribution is 2.23. The Morgan fingerprint density at radius 1 is 1.29 bits per heavy atom. The minimum atomic E-state index is -0.649. The van der Waals surface area contributed by atoms with Crippen LogP contribution >= 0.6 is 11.6 Å². The van der Waals surface area contributed by atoms with E-state index in [0.717, 1.165) is 18.5 Å². The highest BCUT2D eigenvalue weighted by molar-refractivity contribution is 6.20. The standard InChI is InChI=1S/C14H22ClNO/c1-14(2,17)11-16(3)10-9-13(15)12-7-5-4-6-8-12/h4-8,13,17H,9-11H2,1-3H3. The molecular formula is C14H22ClNO. The maximum atomic E-state index is 9.70. The third-order valence-corrected chi connectivity index (χ3v) is 3.05. The van der Waals surface area contributed by atoms with Crippen molar-refractivity contribution in [3.05, 3.63) is 35.9 Å². The summed E-state index contributed by atoms with van der Waals surface area (Å²) in [4.78, 5) is 2.11. The molecule has 1 N–H and O–H groups in total. The molecule has 1 rings (SSSR count). The topological polar surface area (TPSA) is 23.5 Å². The molecule has 0 aliphatic carbocycles. The lowest BCUT2D eigenvalue weighted by Crippen LogP contribution is -2.36. The third kappa shape index (κ3) is 6.06. The number of benzene rings is 1. The summed E-state index contributed by atoms with van der Waals surface area (Å²) in [5, 5.41) is 9.74. The number of nitrogens with zero attached hydrogens (tertiary/aromatic N) is 1. The molecule has 0 fully saturated rings. The van der Waals surface area contributed by atoms with Crippen LogP contribution in [0.15, 0.2) is 30.3 Å². The van der Waals surface area contributed by atoms with Crippen LogP contribution in [0.4, 0.5) is 0 Å². The summed E-state index contributed by atoms with van der Waals surface area (Å²) >= 11 is 6.33. The molecule has 0 radical (unpaired) electrons. The SMILES string of the molecule is CN(CCC(Cl)c1ccccc1)CC(C)(C)O. The average Bonchev–Trinajstić information content (AvgIpc) is 2.25. The molecule has 96 valence electrons. The molecule has 2 nitrogen and oxygen atoms in total. The average molecular weight is 256 g/mol. The molecule has 0 aliphatic rings. The van der Waals surface area contributed by atoms with Gasteiger partial charge in [-0.25, -0.2) is 0 Å². The number of aliphatic hydroxyl groups is 1. The maximum Gasteiger partial charge on any atom is 0.0718 e. The molecule has 17 heavy (non-hydrogen) atoms. The van der Waals surface area contributed by atoms with Gasteiger partial charge in [-0.3, -0.25) is 0 Å². The van der Waals surface area contributed by atoms with E-state index in [-0.39, 0.29) is 5.38 Å². The van der Waals surface area contributed by atoms with Gasteiger partial charge in [-0.15, -0.1) is 11.6 Å². The van der Waals surface area contributed by atoms with Gasteiger partial charge in [0.1, 0.15) is 0 Å². The molecule has 3 heteroatoms. The van der Waals surface area contributed by atoms with Crippen molar-refractivity contribution in [2.75, 3.05) is 20.1 Å². The van der Waals surface area contributed by atoms with Gasteiger partial charge in [0, 0.05) is 6.54 Å². The van der Waals surface area contributed by atoms with E-state index in [1.54, 1.807) is 0 Å². The first-order valence-electron chi connectivity index (χ1n) is 5.98. The lowest BCUT2D eigenvalue weighted by molar-refractivity contribution is 0.0443. The molecule has 0 spiro atoms. The van der Waals surface area contributed by atoms with Crippen LogP contribution in [0, 0.1) is 0 Å². The number of rotatable bonds is 6. The van der Waals surface area contributed by atoms with Crippen molar-refractivity contribution in [3.8, 4) is 0 Å². The second kappa shape index (κ2) is 6.39. The molecular weight excluding hydrogens is 234 g/mol. The molecule has 0 bridgehead atoms. The molecule has 1 aromatic carbocycles. The van der Waals surface area contributed by atoms with Crippen LogP contribution in [0.2, 0.25) is 0 Å². The third-order valence-electron chi connectivity index (χ3n) is 2.58. The van der Waals surface area contributed by atoms with Gasteiger partial charge in [0.25, 0.3) is 0 Å². The zero-order valence-corrected chi connectivity index (χ0v) is 11.6. The van der Waals surface area contributed by atoms with Crippen molar-refractivity contribution >= 4 is 11.6 Å². The Morgan fingerprint density at radius 2 is 1.88 bits per heavy atom. The van der Waals surface area contributed by atoms with E-state index in [9.17, 15) is 5.11 Å². The largest absolute Gasteiger partial charge is 0.389 e. The Labute approximate surface area is 109 Å². The quantitative estimate of drug-likeness (QED) is 0.790. The van der Waals surface area contributed by atoms with Crippen molar-refractivity contribution in [2.24, 2.45) is 0 Å². The summed E-state index contributed by atoms with van der Waals surface area (Å²) in [6, 6.07) is 10.1. The summed E-state index contributed by atoms with van der Waals surface area (Å²) in [5.41, 5.74) is 0.509. The Hall–Kier alpha value is -0.570. The Kier molecular flexibility index (Phi) is 5.44. The first kappa shape index (κ1) is 14.5. The monoisotopic (exact) mass is 255 g/mol. The van der Waals surface area contributed by atoms with Crippen molar-refractivity contribution in [2.45, 2.75) is 31.2 Å². The molecule has 1 atom stereocenters. The summed E-state index contributed by atoms with van der Waals surface area (Å²) in [6.07, 6.45) is 0.887. The van der Waals surface area contributed by atoms with E-state index >= 15 is 0 Å². The van der Waals surface area contributed by atoms with E-state index < -0.39 is 5.60 Å².